The van der Waals surface area contributed by atoms with Crippen molar-refractivity contribution in [2.24, 2.45) is 0 Å². The highest BCUT2D eigenvalue weighted by Gasteiger charge is 2.09. The van der Waals surface area contributed by atoms with Crippen molar-refractivity contribution in [3.8, 4) is 11.5 Å². The predicted octanol–water partition coefficient (Wildman–Crippen LogP) is 2.60. The molecular weight excluding hydrogens is 256 g/mol. The number of ketones is 1. The monoisotopic (exact) mass is 272 g/mol. The van der Waals surface area contributed by atoms with Crippen LogP contribution in [-0.2, 0) is 6.54 Å². The van der Waals surface area contributed by atoms with Crippen molar-refractivity contribution in [3.05, 3.63) is 48.1 Å². The van der Waals surface area contributed by atoms with Crippen molar-refractivity contribution < 1.29 is 15.0 Å². The molecule has 0 aliphatic rings. The van der Waals surface area contributed by atoms with Crippen LogP contribution in [0.3, 0.4) is 0 Å². The third kappa shape index (κ3) is 3.06. The number of rotatable bonds is 5. The van der Waals surface area contributed by atoms with Gasteiger partial charge in [-0.2, -0.15) is 0 Å². The number of hydrogen-bond donors (Lipinski definition) is 2. The minimum atomic E-state index is -0.244. The van der Waals surface area contributed by atoms with Gasteiger partial charge in [-0.15, -0.1) is 0 Å². The Balaban J connectivity index is 2.20. The molecule has 5 heteroatoms. The van der Waals surface area contributed by atoms with Gasteiger partial charge in [0.05, 0.1) is 0 Å². The van der Waals surface area contributed by atoms with Crippen LogP contribution in [0.2, 0.25) is 0 Å². The van der Waals surface area contributed by atoms with Crippen molar-refractivity contribution in [1.82, 2.24) is 9.55 Å². The Hall–Kier alpha value is -2.56. The van der Waals surface area contributed by atoms with Gasteiger partial charge in [-0.05, 0) is 36.8 Å². The molecule has 0 atom stereocenters. The smallest absolute Gasteiger partial charge is 0.221 e. The van der Waals surface area contributed by atoms with Crippen LogP contribution < -0.4 is 0 Å². The SMILES string of the molecule is CCCn1ccnc1C(=O)/C=C/c1cc(O)ccc1O. The first-order valence-electron chi connectivity index (χ1n) is 6.37. The van der Waals surface area contributed by atoms with E-state index in [-0.39, 0.29) is 17.3 Å². The summed E-state index contributed by atoms with van der Waals surface area (Å²) in [6.07, 6.45) is 7.05. The number of phenols is 2. The third-order valence-corrected chi connectivity index (χ3v) is 2.83. The molecule has 0 bridgehead atoms. The molecule has 5 nitrogen and oxygen atoms in total. The molecule has 1 heterocycles. The molecule has 0 unspecified atom stereocenters. The van der Waals surface area contributed by atoms with Gasteiger partial charge in [0, 0.05) is 24.5 Å². The number of imidazole rings is 1. The van der Waals surface area contributed by atoms with Gasteiger partial charge in [-0.25, -0.2) is 4.98 Å². The molecule has 2 rings (SSSR count). The Morgan fingerprint density at radius 1 is 1.40 bits per heavy atom. The highest BCUT2D eigenvalue weighted by molar-refractivity contribution is 6.04. The van der Waals surface area contributed by atoms with Crippen molar-refractivity contribution >= 4 is 11.9 Å². The molecule has 0 saturated carbocycles. The summed E-state index contributed by atoms with van der Waals surface area (Å²) in [6, 6.07) is 4.14. The molecule has 2 aromatic rings. The van der Waals surface area contributed by atoms with Crippen molar-refractivity contribution in [2.45, 2.75) is 19.9 Å². The lowest BCUT2D eigenvalue weighted by atomic mass is 10.1. The number of allylic oxidation sites excluding steroid dienone is 1. The van der Waals surface area contributed by atoms with E-state index in [0.717, 1.165) is 13.0 Å². The third-order valence-electron chi connectivity index (χ3n) is 2.83. The molecule has 1 aromatic heterocycles. The molecule has 20 heavy (non-hydrogen) atoms. The average molecular weight is 272 g/mol. The van der Waals surface area contributed by atoms with Crippen molar-refractivity contribution in [1.29, 1.82) is 0 Å². The fourth-order valence-electron chi connectivity index (χ4n) is 1.87. The molecule has 0 fully saturated rings. The minimum Gasteiger partial charge on any atom is -0.508 e. The molecule has 104 valence electrons. The zero-order valence-electron chi connectivity index (χ0n) is 11.2. The first kappa shape index (κ1) is 13.9. The van der Waals surface area contributed by atoms with Crippen LogP contribution in [0.25, 0.3) is 6.08 Å². The molecule has 0 aliphatic carbocycles. The van der Waals surface area contributed by atoms with Crippen molar-refractivity contribution in [2.75, 3.05) is 0 Å². The summed E-state index contributed by atoms with van der Waals surface area (Å²) in [5, 5.41) is 19.0. The number of aryl methyl sites for hydroxylation is 1. The Bertz CT molecular complexity index is 644. The quantitative estimate of drug-likeness (QED) is 0.498. The normalized spacial score (nSPS) is 11.1. The number of carbonyl (C=O) groups excluding carboxylic acids is 1. The van der Waals surface area contributed by atoms with Crippen molar-refractivity contribution in [3.63, 3.8) is 0 Å². The molecule has 0 radical (unpaired) electrons. The number of aromatic nitrogens is 2. The van der Waals surface area contributed by atoms with E-state index in [1.165, 1.54) is 30.4 Å². The molecule has 0 spiro atoms. The van der Waals surface area contributed by atoms with Gasteiger partial charge in [-0.3, -0.25) is 4.79 Å². The summed E-state index contributed by atoms with van der Waals surface area (Å²) in [5.41, 5.74) is 0.381. The second-order valence-corrected chi connectivity index (χ2v) is 4.38. The summed E-state index contributed by atoms with van der Waals surface area (Å²) in [7, 11) is 0. The van der Waals surface area contributed by atoms with Gasteiger partial charge in [-0.1, -0.05) is 6.92 Å². The summed E-state index contributed by atoms with van der Waals surface area (Å²) in [5.74, 6) is 0.153. The van der Waals surface area contributed by atoms with Gasteiger partial charge in [0.15, 0.2) is 5.82 Å². The minimum absolute atomic E-state index is 0.00347. The molecule has 0 aliphatic heterocycles. The van der Waals surface area contributed by atoms with E-state index in [9.17, 15) is 15.0 Å². The topological polar surface area (TPSA) is 75.4 Å². The van der Waals surface area contributed by atoms with Gasteiger partial charge in [0.25, 0.3) is 0 Å². The van der Waals surface area contributed by atoms with E-state index in [2.05, 4.69) is 4.98 Å². The highest BCUT2D eigenvalue weighted by atomic mass is 16.3. The number of benzene rings is 1. The first-order valence-corrected chi connectivity index (χ1v) is 6.37. The Morgan fingerprint density at radius 3 is 2.95 bits per heavy atom. The predicted molar refractivity (Wildman–Crippen MR) is 75.7 cm³/mol. The Labute approximate surface area is 116 Å². The van der Waals surface area contributed by atoms with Crippen LogP contribution in [0.15, 0.2) is 36.7 Å². The number of phenolic OH excluding ortho intramolecular Hbond substituents is 2. The Morgan fingerprint density at radius 2 is 2.20 bits per heavy atom. The molecule has 0 saturated heterocycles. The van der Waals surface area contributed by atoms with Gasteiger partial charge < -0.3 is 14.8 Å². The summed E-state index contributed by atoms with van der Waals surface area (Å²) in [6.45, 7) is 2.75. The maximum absolute atomic E-state index is 12.1. The lowest BCUT2D eigenvalue weighted by Crippen LogP contribution is -2.07. The second-order valence-electron chi connectivity index (χ2n) is 4.38. The summed E-state index contributed by atoms with van der Waals surface area (Å²) in [4.78, 5) is 16.1. The first-order chi connectivity index (χ1) is 9.61. The largest absolute Gasteiger partial charge is 0.508 e. The second kappa shape index (κ2) is 6.06. The van der Waals surface area contributed by atoms with Crippen LogP contribution in [0.5, 0.6) is 11.5 Å². The lowest BCUT2D eigenvalue weighted by molar-refractivity contribution is 0.103. The van der Waals surface area contributed by atoms with E-state index in [4.69, 9.17) is 0 Å². The van der Waals surface area contributed by atoms with Gasteiger partial charge in [0.1, 0.15) is 11.5 Å². The number of hydrogen-bond acceptors (Lipinski definition) is 4. The number of nitrogens with zero attached hydrogens (tertiary/aromatic N) is 2. The zero-order valence-corrected chi connectivity index (χ0v) is 11.2. The maximum atomic E-state index is 12.1. The van der Waals surface area contributed by atoms with Crippen LogP contribution in [0.4, 0.5) is 0 Å². The summed E-state index contributed by atoms with van der Waals surface area (Å²) < 4.78 is 1.79. The van der Waals surface area contributed by atoms with Gasteiger partial charge in [0.2, 0.25) is 5.78 Å². The van der Waals surface area contributed by atoms with E-state index in [0.29, 0.717) is 11.4 Å². The van der Waals surface area contributed by atoms with E-state index >= 15 is 0 Å². The van der Waals surface area contributed by atoms with Crippen LogP contribution in [-0.4, -0.2) is 25.5 Å². The summed E-state index contributed by atoms with van der Waals surface area (Å²) >= 11 is 0. The average Bonchev–Trinajstić information content (AvgIpc) is 2.88. The molecule has 0 amide bonds. The lowest BCUT2D eigenvalue weighted by Gasteiger charge is -2.03. The number of aromatic hydroxyl groups is 2. The molecule has 1 aromatic carbocycles. The highest BCUT2D eigenvalue weighted by Crippen LogP contribution is 2.23. The molecule has 2 N–H and O–H groups in total. The van der Waals surface area contributed by atoms with Crippen LogP contribution >= 0.6 is 0 Å². The zero-order chi connectivity index (χ0) is 14.5. The van der Waals surface area contributed by atoms with E-state index in [1.807, 2.05) is 6.92 Å². The van der Waals surface area contributed by atoms with Crippen LogP contribution in [0.1, 0.15) is 29.5 Å². The fourth-order valence-corrected chi connectivity index (χ4v) is 1.87. The van der Waals surface area contributed by atoms with Crippen LogP contribution in [0, 0.1) is 0 Å². The number of carbonyl (C=O) groups is 1. The fraction of sp³-hybridized carbons (Fsp3) is 0.200. The van der Waals surface area contributed by atoms with E-state index in [1.54, 1.807) is 17.0 Å². The van der Waals surface area contributed by atoms with E-state index < -0.39 is 0 Å². The maximum Gasteiger partial charge on any atom is 0.221 e. The standard InChI is InChI=1S/C15H16N2O3/c1-2-8-17-9-7-16-15(17)14(20)5-3-11-10-12(18)4-6-13(11)19/h3-7,9-10,18-19H,2,8H2,1H3/b5-3+. The molecular formula is C15H16N2O3. The van der Waals surface area contributed by atoms with Gasteiger partial charge >= 0.3 is 0 Å². The Kier molecular flexibility index (Phi) is 4.20.